The van der Waals surface area contributed by atoms with Crippen molar-refractivity contribution in [2.75, 3.05) is 11.9 Å². The summed E-state index contributed by atoms with van der Waals surface area (Å²) in [5, 5.41) is 4.35. The highest BCUT2D eigenvalue weighted by molar-refractivity contribution is 6.33. The molecule has 0 bridgehead atoms. The van der Waals surface area contributed by atoms with Crippen LogP contribution in [0.2, 0.25) is 5.02 Å². The molecule has 94 valence electrons. The fourth-order valence-corrected chi connectivity index (χ4v) is 3.18. The number of rotatable bonds is 5. The predicted octanol–water partition coefficient (Wildman–Crippen LogP) is 5.07. The van der Waals surface area contributed by atoms with E-state index in [0.717, 1.165) is 17.5 Å². The van der Waals surface area contributed by atoms with E-state index in [-0.39, 0.29) is 0 Å². The van der Waals surface area contributed by atoms with Crippen molar-refractivity contribution in [1.82, 2.24) is 0 Å². The van der Waals surface area contributed by atoms with E-state index in [4.69, 9.17) is 11.6 Å². The molecule has 0 fully saturated rings. The molecule has 2 unspecified atom stereocenters. The minimum absolute atomic E-state index is 0.653. The van der Waals surface area contributed by atoms with Gasteiger partial charge in [-0.05, 0) is 24.0 Å². The molecule has 2 atom stereocenters. The van der Waals surface area contributed by atoms with Crippen LogP contribution in [-0.4, -0.2) is 6.54 Å². The first-order valence-electron chi connectivity index (χ1n) is 6.80. The molecule has 0 amide bonds. The molecule has 0 aromatic heterocycles. The molecule has 1 aliphatic rings. The molecule has 2 rings (SSSR count). The molecule has 0 aliphatic carbocycles. The maximum atomic E-state index is 6.22. The van der Waals surface area contributed by atoms with Gasteiger partial charge >= 0.3 is 0 Å². The molecule has 0 saturated carbocycles. The van der Waals surface area contributed by atoms with E-state index < -0.39 is 0 Å². The van der Waals surface area contributed by atoms with Crippen LogP contribution in [0.15, 0.2) is 18.2 Å². The third-order valence-corrected chi connectivity index (χ3v) is 4.28. The Hall–Kier alpha value is -0.690. The molecule has 2 heteroatoms. The summed E-state index contributed by atoms with van der Waals surface area (Å²) in [5.74, 6) is 1.45. The van der Waals surface area contributed by atoms with Crippen LogP contribution in [-0.2, 0) is 0 Å². The number of hydrogen-bond acceptors (Lipinski definition) is 1. The van der Waals surface area contributed by atoms with Gasteiger partial charge in [0, 0.05) is 12.5 Å². The lowest BCUT2D eigenvalue weighted by atomic mass is 9.82. The molecular weight excluding hydrogens is 230 g/mol. The van der Waals surface area contributed by atoms with Crippen LogP contribution in [0.1, 0.15) is 51.0 Å². The molecule has 1 heterocycles. The maximum Gasteiger partial charge on any atom is 0.0640 e. The van der Waals surface area contributed by atoms with Gasteiger partial charge in [-0.25, -0.2) is 0 Å². The Morgan fingerprint density at radius 3 is 2.94 bits per heavy atom. The quantitative estimate of drug-likeness (QED) is 0.771. The van der Waals surface area contributed by atoms with Crippen LogP contribution in [0, 0.1) is 5.92 Å². The standard InChI is InChI=1S/C15H22ClN/c1-3-5-7-11(4-2)13-10-17-15-12(13)8-6-9-14(15)16/h6,8-9,11,13,17H,3-5,7,10H2,1-2H3. The van der Waals surface area contributed by atoms with E-state index in [9.17, 15) is 0 Å². The van der Waals surface area contributed by atoms with Crippen molar-refractivity contribution in [2.24, 2.45) is 5.92 Å². The Kier molecular flexibility index (Phi) is 4.33. The van der Waals surface area contributed by atoms with Crippen molar-refractivity contribution in [1.29, 1.82) is 0 Å². The zero-order valence-corrected chi connectivity index (χ0v) is 11.6. The van der Waals surface area contributed by atoms with Crippen LogP contribution in [0.3, 0.4) is 0 Å². The number of anilines is 1. The van der Waals surface area contributed by atoms with Crippen molar-refractivity contribution >= 4 is 17.3 Å². The van der Waals surface area contributed by atoms with Gasteiger partial charge in [0.05, 0.1) is 10.7 Å². The topological polar surface area (TPSA) is 12.0 Å². The van der Waals surface area contributed by atoms with E-state index in [2.05, 4.69) is 31.3 Å². The van der Waals surface area contributed by atoms with Crippen LogP contribution in [0.25, 0.3) is 0 Å². The molecule has 0 saturated heterocycles. The fraction of sp³-hybridized carbons (Fsp3) is 0.600. The monoisotopic (exact) mass is 251 g/mol. The van der Waals surface area contributed by atoms with Gasteiger partial charge in [-0.1, -0.05) is 56.8 Å². The molecule has 17 heavy (non-hydrogen) atoms. The second-order valence-electron chi connectivity index (χ2n) is 5.00. The van der Waals surface area contributed by atoms with Crippen molar-refractivity contribution in [3.05, 3.63) is 28.8 Å². The second kappa shape index (κ2) is 5.77. The van der Waals surface area contributed by atoms with Crippen LogP contribution in [0.4, 0.5) is 5.69 Å². The molecule has 1 N–H and O–H groups in total. The summed E-state index contributed by atoms with van der Waals surface area (Å²) in [6.45, 7) is 5.63. The van der Waals surface area contributed by atoms with Crippen molar-refractivity contribution < 1.29 is 0 Å². The maximum absolute atomic E-state index is 6.22. The van der Waals surface area contributed by atoms with Crippen molar-refractivity contribution in [2.45, 2.75) is 45.4 Å². The molecule has 1 aromatic rings. The Morgan fingerprint density at radius 2 is 2.24 bits per heavy atom. The summed E-state index contributed by atoms with van der Waals surface area (Å²) < 4.78 is 0. The van der Waals surface area contributed by atoms with E-state index >= 15 is 0 Å². The van der Waals surface area contributed by atoms with Crippen molar-refractivity contribution in [3.8, 4) is 0 Å². The Balaban J connectivity index is 2.17. The molecular formula is C15H22ClN. The Labute approximate surface area is 110 Å². The lowest BCUT2D eigenvalue weighted by molar-refractivity contribution is 0.389. The SMILES string of the molecule is CCCCC(CC)C1CNc2c(Cl)cccc21. The van der Waals surface area contributed by atoms with Crippen LogP contribution >= 0.6 is 11.6 Å². The molecule has 0 radical (unpaired) electrons. The molecule has 1 aliphatic heterocycles. The molecule has 1 nitrogen and oxygen atoms in total. The third kappa shape index (κ3) is 2.60. The number of para-hydroxylation sites is 1. The number of halogens is 1. The summed E-state index contributed by atoms with van der Waals surface area (Å²) >= 11 is 6.22. The second-order valence-corrected chi connectivity index (χ2v) is 5.41. The van der Waals surface area contributed by atoms with Crippen LogP contribution < -0.4 is 5.32 Å². The third-order valence-electron chi connectivity index (χ3n) is 3.97. The predicted molar refractivity (Wildman–Crippen MR) is 76.0 cm³/mol. The van der Waals surface area contributed by atoms with E-state index in [0.29, 0.717) is 5.92 Å². The summed E-state index contributed by atoms with van der Waals surface area (Å²) in [6.07, 6.45) is 5.23. The minimum Gasteiger partial charge on any atom is -0.383 e. The number of hydrogen-bond donors (Lipinski definition) is 1. The van der Waals surface area contributed by atoms with Gasteiger partial charge in [-0.2, -0.15) is 0 Å². The van der Waals surface area contributed by atoms with Gasteiger partial charge in [0.1, 0.15) is 0 Å². The smallest absolute Gasteiger partial charge is 0.0640 e. The highest BCUT2D eigenvalue weighted by Crippen LogP contribution is 2.42. The van der Waals surface area contributed by atoms with Gasteiger partial charge in [0.25, 0.3) is 0 Å². The summed E-state index contributed by atoms with van der Waals surface area (Å²) in [6, 6.07) is 6.29. The van der Waals surface area contributed by atoms with E-state index in [1.54, 1.807) is 0 Å². The summed E-state index contributed by atoms with van der Waals surface area (Å²) in [5.41, 5.74) is 2.61. The first kappa shape index (κ1) is 12.8. The van der Waals surface area contributed by atoms with Gasteiger partial charge in [-0.15, -0.1) is 0 Å². The number of fused-ring (bicyclic) bond motifs is 1. The summed E-state index contributed by atoms with van der Waals surface area (Å²) in [4.78, 5) is 0. The normalized spacial score (nSPS) is 19.8. The lowest BCUT2D eigenvalue weighted by Crippen LogP contribution is -2.14. The average Bonchev–Trinajstić information content (AvgIpc) is 2.76. The Morgan fingerprint density at radius 1 is 1.41 bits per heavy atom. The zero-order chi connectivity index (χ0) is 12.3. The van der Waals surface area contributed by atoms with Crippen molar-refractivity contribution in [3.63, 3.8) is 0 Å². The van der Waals surface area contributed by atoms with Gasteiger partial charge in [0.15, 0.2) is 0 Å². The molecule has 1 aromatic carbocycles. The summed E-state index contributed by atoms with van der Waals surface area (Å²) in [7, 11) is 0. The average molecular weight is 252 g/mol. The highest BCUT2D eigenvalue weighted by atomic mass is 35.5. The number of unbranched alkanes of at least 4 members (excludes halogenated alkanes) is 1. The zero-order valence-electron chi connectivity index (χ0n) is 10.8. The number of nitrogens with one attached hydrogen (secondary N) is 1. The first-order valence-corrected chi connectivity index (χ1v) is 7.18. The first-order chi connectivity index (χ1) is 8.27. The van der Waals surface area contributed by atoms with E-state index in [1.165, 1.54) is 36.9 Å². The van der Waals surface area contributed by atoms with Gasteiger partial charge in [-0.3, -0.25) is 0 Å². The van der Waals surface area contributed by atoms with E-state index in [1.807, 2.05) is 6.07 Å². The van der Waals surface area contributed by atoms with Gasteiger partial charge < -0.3 is 5.32 Å². The number of benzene rings is 1. The largest absolute Gasteiger partial charge is 0.383 e. The fourth-order valence-electron chi connectivity index (χ4n) is 2.94. The molecule has 0 spiro atoms. The highest BCUT2D eigenvalue weighted by Gasteiger charge is 2.29. The van der Waals surface area contributed by atoms with Gasteiger partial charge in [0.2, 0.25) is 0 Å². The lowest BCUT2D eigenvalue weighted by Gasteiger charge is -2.22. The Bertz CT molecular complexity index is 375. The van der Waals surface area contributed by atoms with Crippen LogP contribution in [0.5, 0.6) is 0 Å². The minimum atomic E-state index is 0.653.